The van der Waals surface area contributed by atoms with Crippen LogP contribution in [-0.2, 0) is 4.79 Å². The second-order valence-corrected chi connectivity index (χ2v) is 9.04. The molecule has 154 valence electrons. The standard InChI is InChI=1S/C23H20N6OS/c1-2-19(30)28-10-15-8-17(9-16(15)11-28)29-23-20(22(24)25-12-26-23)21(27-29)14-3-4-18-13(7-14)5-6-31-18/h2-7,12,17H,1,8-11H2,(H2,24,25,26). The molecule has 2 N–H and O–H groups in total. The Labute approximate surface area is 182 Å². The van der Waals surface area contributed by atoms with E-state index in [1.54, 1.807) is 11.3 Å². The van der Waals surface area contributed by atoms with Gasteiger partial charge in [-0.2, -0.15) is 5.10 Å². The molecule has 3 aromatic heterocycles. The molecule has 0 bridgehead atoms. The van der Waals surface area contributed by atoms with E-state index in [2.05, 4.69) is 46.2 Å². The van der Waals surface area contributed by atoms with Crippen molar-refractivity contribution in [3.05, 3.63) is 59.8 Å². The number of rotatable bonds is 3. The molecule has 0 unspecified atom stereocenters. The molecular formula is C23H20N6OS. The largest absolute Gasteiger partial charge is 0.383 e. The number of benzene rings is 1. The van der Waals surface area contributed by atoms with Crippen LogP contribution in [0.5, 0.6) is 0 Å². The number of anilines is 1. The zero-order valence-electron chi connectivity index (χ0n) is 16.8. The van der Waals surface area contributed by atoms with Crippen LogP contribution >= 0.6 is 11.3 Å². The molecule has 7 nitrogen and oxygen atoms in total. The highest BCUT2D eigenvalue weighted by molar-refractivity contribution is 7.17. The first-order valence-electron chi connectivity index (χ1n) is 10.2. The van der Waals surface area contributed by atoms with E-state index < -0.39 is 0 Å². The number of hydrogen-bond donors (Lipinski definition) is 1. The number of likely N-dealkylation sites (tertiary alicyclic amines) is 1. The number of nitrogen functional groups attached to an aromatic ring is 1. The van der Waals surface area contributed by atoms with E-state index in [9.17, 15) is 4.79 Å². The van der Waals surface area contributed by atoms with Gasteiger partial charge in [-0.3, -0.25) is 4.79 Å². The summed E-state index contributed by atoms with van der Waals surface area (Å²) in [6.45, 7) is 4.95. The first kappa shape index (κ1) is 18.3. The lowest BCUT2D eigenvalue weighted by Crippen LogP contribution is -2.29. The van der Waals surface area contributed by atoms with Crippen molar-refractivity contribution in [1.29, 1.82) is 0 Å². The summed E-state index contributed by atoms with van der Waals surface area (Å²) in [4.78, 5) is 22.6. The van der Waals surface area contributed by atoms with E-state index in [-0.39, 0.29) is 11.9 Å². The summed E-state index contributed by atoms with van der Waals surface area (Å²) in [5.74, 6) is 0.431. The van der Waals surface area contributed by atoms with Crippen LogP contribution in [0, 0.1) is 0 Å². The third kappa shape index (κ3) is 2.79. The summed E-state index contributed by atoms with van der Waals surface area (Å²) in [5, 5.41) is 9.09. The summed E-state index contributed by atoms with van der Waals surface area (Å²) in [7, 11) is 0. The average molecular weight is 429 g/mol. The van der Waals surface area contributed by atoms with E-state index in [0.29, 0.717) is 18.9 Å². The number of carbonyl (C=O) groups excluding carboxylic acids is 1. The molecule has 6 rings (SSSR count). The van der Waals surface area contributed by atoms with Crippen LogP contribution in [0.2, 0.25) is 0 Å². The molecule has 8 heteroatoms. The lowest BCUT2D eigenvalue weighted by atomic mass is 10.1. The van der Waals surface area contributed by atoms with Crippen molar-refractivity contribution in [1.82, 2.24) is 24.6 Å². The molecular weight excluding hydrogens is 408 g/mol. The van der Waals surface area contributed by atoms with Gasteiger partial charge < -0.3 is 10.6 Å². The van der Waals surface area contributed by atoms with Gasteiger partial charge in [0.2, 0.25) is 5.91 Å². The predicted molar refractivity (Wildman–Crippen MR) is 123 cm³/mol. The molecule has 4 aromatic rings. The molecule has 1 amide bonds. The van der Waals surface area contributed by atoms with Crippen molar-refractivity contribution in [3.8, 4) is 11.3 Å². The maximum atomic E-state index is 12.0. The smallest absolute Gasteiger partial charge is 0.246 e. The van der Waals surface area contributed by atoms with E-state index >= 15 is 0 Å². The van der Waals surface area contributed by atoms with E-state index in [1.807, 2.05) is 9.58 Å². The predicted octanol–water partition coefficient (Wildman–Crippen LogP) is 3.95. The molecule has 0 spiro atoms. The van der Waals surface area contributed by atoms with Gasteiger partial charge in [0.05, 0.1) is 11.4 Å². The third-order valence-corrected chi connectivity index (χ3v) is 7.20. The summed E-state index contributed by atoms with van der Waals surface area (Å²) < 4.78 is 3.25. The number of carbonyl (C=O) groups is 1. The Balaban J connectivity index is 1.40. The fraction of sp³-hybridized carbons (Fsp3) is 0.217. The van der Waals surface area contributed by atoms with Crippen molar-refractivity contribution in [3.63, 3.8) is 0 Å². The van der Waals surface area contributed by atoms with Gasteiger partial charge in [-0.1, -0.05) is 12.6 Å². The van der Waals surface area contributed by atoms with Gasteiger partial charge in [0.1, 0.15) is 17.8 Å². The Hall–Kier alpha value is -3.52. The summed E-state index contributed by atoms with van der Waals surface area (Å²) in [6, 6.07) is 8.64. The quantitative estimate of drug-likeness (QED) is 0.394. The summed E-state index contributed by atoms with van der Waals surface area (Å²) >= 11 is 1.72. The number of thiophene rings is 1. The number of nitrogens with zero attached hydrogens (tertiary/aromatic N) is 5. The first-order valence-corrected chi connectivity index (χ1v) is 11.1. The Morgan fingerprint density at radius 1 is 1.19 bits per heavy atom. The first-order chi connectivity index (χ1) is 15.1. The second-order valence-electron chi connectivity index (χ2n) is 8.09. The molecule has 0 atom stereocenters. The van der Waals surface area contributed by atoms with Gasteiger partial charge in [-0.05, 0) is 59.0 Å². The van der Waals surface area contributed by atoms with Gasteiger partial charge in [0.25, 0.3) is 0 Å². The molecule has 0 radical (unpaired) electrons. The lowest BCUT2D eigenvalue weighted by Gasteiger charge is -2.19. The number of fused-ring (bicyclic) bond motifs is 2. The maximum Gasteiger partial charge on any atom is 0.246 e. The number of amides is 1. The van der Waals surface area contributed by atoms with E-state index in [0.717, 1.165) is 35.1 Å². The number of nitrogens with two attached hydrogens (primary N) is 1. The molecule has 31 heavy (non-hydrogen) atoms. The fourth-order valence-electron chi connectivity index (χ4n) is 4.82. The minimum atomic E-state index is -0.0119. The SMILES string of the molecule is C=CC(=O)N1CC2=C(CC(n3nc(-c4ccc5sccc5c4)c4c(N)ncnc43)C2)C1. The zero-order chi connectivity index (χ0) is 21.1. The van der Waals surface area contributed by atoms with Crippen LogP contribution in [0.15, 0.2) is 59.8 Å². The van der Waals surface area contributed by atoms with Crippen LogP contribution in [0.25, 0.3) is 32.4 Å². The molecule has 0 fully saturated rings. The van der Waals surface area contributed by atoms with Crippen LogP contribution < -0.4 is 5.73 Å². The number of aromatic nitrogens is 4. The third-order valence-electron chi connectivity index (χ3n) is 6.30. The minimum Gasteiger partial charge on any atom is -0.383 e. The van der Waals surface area contributed by atoms with E-state index in [4.69, 9.17) is 10.8 Å². The van der Waals surface area contributed by atoms with Crippen molar-refractivity contribution in [2.45, 2.75) is 18.9 Å². The highest BCUT2D eigenvalue weighted by atomic mass is 32.1. The fourth-order valence-corrected chi connectivity index (χ4v) is 5.59. The van der Waals surface area contributed by atoms with E-state index in [1.165, 1.54) is 33.6 Å². The molecule has 1 aliphatic carbocycles. The topological polar surface area (TPSA) is 89.9 Å². The molecule has 1 aliphatic heterocycles. The van der Waals surface area contributed by atoms with Crippen molar-refractivity contribution in [2.75, 3.05) is 18.8 Å². The lowest BCUT2D eigenvalue weighted by molar-refractivity contribution is -0.124. The highest BCUT2D eigenvalue weighted by Crippen LogP contribution is 2.42. The maximum absolute atomic E-state index is 12.0. The Bertz CT molecular complexity index is 1400. The summed E-state index contributed by atoms with van der Waals surface area (Å²) in [6.07, 6.45) is 4.61. The number of hydrogen-bond acceptors (Lipinski definition) is 6. The van der Waals surface area contributed by atoms with Crippen LogP contribution in [0.4, 0.5) is 5.82 Å². The van der Waals surface area contributed by atoms with Gasteiger partial charge in [-0.15, -0.1) is 11.3 Å². The van der Waals surface area contributed by atoms with Crippen LogP contribution in [0.3, 0.4) is 0 Å². The Kier molecular flexibility index (Phi) is 3.97. The zero-order valence-corrected chi connectivity index (χ0v) is 17.6. The summed E-state index contributed by atoms with van der Waals surface area (Å²) in [5.41, 5.74) is 11.5. The van der Waals surface area contributed by atoms with Crippen LogP contribution in [0.1, 0.15) is 18.9 Å². The van der Waals surface area contributed by atoms with Crippen molar-refractivity contribution in [2.24, 2.45) is 0 Å². The monoisotopic (exact) mass is 428 g/mol. The van der Waals surface area contributed by atoms with Gasteiger partial charge in [-0.25, -0.2) is 14.6 Å². The minimum absolute atomic E-state index is 0.0119. The second kappa shape index (κ2) is 6.75. The van der Waals surface area contributed by atoms with Gasteiger partial charge in [0, 0.05) is 23.4 Å². The van der Waals surface area contributed by atoms with Crippen LogP contribution in [-0.4, -0.2) is 43.6 Å². The molecule has 4 heterocycles. The molecule has 2 aliphatic rings. The average Bonchev–Trinajstić information content (AvgIpc) is 3.53. The molecule has 0 saturated heterocycles. The highest BCUT2D eigenvalue weighted by Gasteiger charge is 2.35. The van der Waals surface area contributed by atoms with Gasteiger partial charge in [0.15, 0.2) is 5.65 Å². The van der Waals surface area contributed by atoms with Gasteiger partial charge >= 0.3 is 0 Å². The molecule has 1 aromatic carbocycles. The van der Waals surface area contributed by atoms with Crippen molar-refractivity contribution < 1.29 is 4.79 Å². The normalized spacial score (nSPS) is 16.6. The Morgan fingerprint density at radius 3 is 2.77 bits per heavy atom. The van der Waals surface area contributed by atoms with Crippen molar-refractivity contribution >= 4 is 44.2 Å². The molecule has 0 saturated carbocycles. The Morgan fingerprint density at radius 2 is 2.00 bits per heavy atom.